The van der Waals surface area contributed by atoms with E-state index in [9.17, 15) is 0 Å². The van der Waals surface area contributed by atoms with E-state index >= 15 is 0 Å². The van der Waals surface area contributed by atoms with E-state index in [4.69, 9.17) is 25.8 Å². The van der Waals surface area contributed by atoms with Crippen LogP contribution in [0, 0.1) is 5.92 Å². The van der Waals surface area contributed by atoms with Crippen LogP contribution < -0.4 is 14.8 Å². The second-order valence-corrected chi connectivity index (χ2v) is 5.33. The van der Waals surface area contributed by atoms with E-state index in [-0.39, 0.29) is 6.10 Å². The molecule has 1 aromatic rings. The molecule has 1 fully saturated rings. The van der Waals surface area contributed by atoms with Crippen molar-refractivity contribution in [1.29, 1.82) is 0 Å². The molecule has 0 radical (unpaired) electrons. The van der Waals surface area contributed by atoms with E-state index in [1.54, 1.807) is 0 Å². The Labute approximate surface area is 118 Å². The maximum atomic E-state index is 6.27. The predicted molar refractivity (Wildman–Crippen MR) is 73.2 cm³/mol. The van der Waals surface area contributed by atoms with Crippen molar-refractivity contribution in [3.05, 3.63) is 22.7 Å². The zero-order valence-electron chi connectivity index (χ0n) is 10.9. The summed E-state index contributed by atoms with van der Waals surface area (Å²) in [5.74, 6) is 1.86. The summed E-state index contributed by atoms with van der Waals surface area (Å²) in [5.41, 5.74) is 1.08. The van der Waals surface area contributed by atoms with Crippen molar-refractivity contribution in [1.82, 2.24) is 5.32 Å². The maximum Gasteiger partial charge on any atom is 0.179 e. The van der Waals surface area contributed by atoms with Gasteiger partial charge in [-0.1, -0.05) is 11.6 Å². The van der Waals surface area contributed by atoms with Crippen LogP contribution in [-0.4, -0.2) is 33.4 Å². The Balaban J connectivity index is 1.90. The summed E-state index contributed by atoms with van der Waals surface area (Å²) >= 11 is 6.27. The first-order valence-corrected chi connectivity index (χ1v) is 7.02. The van der Waals surface area contributed by atoms with Gasteiger partial charge in [-0.3, -0.25) is 0 Å². The third kappa shape index (κ3) is 2.53. The number of nitrogens with one attached hydrogen (secondary N) is 1. The van der Waals surface area contributed by atoms with E-state index in [1.807, 2.05) is 19.2 Å². The highest BCUT2D eigenvalue weighted by atomic mass is 35.5. The van der Waals surface area contributed by atoms with Gasteiger partial charge >= 0.3 is 0 Å². The number of rotatable bonds is 3. The van der Waals surface area contributed by atoms with Crippen LogP contribution in [0.1, 0.15) is 18.1 Å². The predicted octanol–water partition coefficient (Wildman–Crippen LogP) is 2.41. The van der Waals surface area contributed by atoms with E-state index in [0.717, 1.165) is 30.9 Å². The highest BCUT2D eigenvalue weighted by Gasteiger charge is 2.31. The topological polar surface area (TPSA) is 39.7 Å². The molecule has 0 spiro atoms. The zero-order chi connectivity index (χ0) is 13.2. The van der Waals surface area contributed by atoms with Gasteiger partial charge in [0.1, 0.15) is 13.2 Å². The van der Waals surface area contributed by atoms with Gasteiger partial charge in [0, 0.05) is 19.1 Å². The molecule has 0 saturated carbocycles. The van der Waals surface area contributed by atoms with Gasteiger partial charge in [0.25, 0.3) is 0 Å². The van der Waals surface area contributed by atoms with Crippen molar-refractivity contribution < 1.29 is 14.2 Å². The Kier molecular flexibility index (Phi) is 3.82. The Morgan fingerprint density at radius 3 is 2.95 bits per heavy atom. The maximum absolute atomic E-state index is 6.27. The van der Waals surface area contributed by atoms with Crippen LogP contribution in [0.4, 0.5) is 0 Å². The molecule has 1 N–H and O–H groups in total. The highest BCUT2D eigenvalue weighted by molar-refractivity contribution is 6.32. The third-order valence-electron chi connectivity index (χ3n) is 3.63. The van der Waals surface area contributed by atoms with Crippen LogP contribution in [0.5, 0.6) is 11.5 Å². The first-order chi connectivity index (χ1) is 9.29. The number of hydrogen-bond donors (Lipinski definition) is 1. The summed E-state index contributed by atoms with van der Waals surface area (Å²) in [4.78, 5) is 0. The van der Waals surface area contributed by atoms with Crippen LogP contribution in [0.2, 0.25) is 5.02 Å². The van der Waals surface area contributed by atoms with Gasteiger partial charge in [-0.05, 0) is 31.2 Å². The quantitative estimate of drug-likeness (QED) is 0.925. The summed E-state index contributed by atoms with van der Waals surface area (Å²) < 4.78 is 17.0. The van der Waals surface area contributed by atoms with Gasteiger partial charge in [0.15, 0.2) is 11.5 Å². The summed E-state index contributed by atoms with van der Waals surface area (Å²) in [6, 6.07) is 3.94. The number of hydrogen-bond acceptors (Lipinski definition) is 4. The molecule has 2 aliphatic heterocycles. The van der Waals surface area contributed by atoms with Gasteiger partial charge in [0.2, 0.25) is 0 Å². The molecule has 2 unspecified atom stereocenters. The van der Waals surface area contributed by atoms with Crippen LogP contribution in [-0.2, 0) is 4.74 Å². The van der Waals surface area contributed by atoms with Gasteiger partial charge in [-0.15, -0.1) is 0 Å². The Hall–Kier alpha value is -0.970. The molecule has 0 amide bonds. The Morgan fingerprint density at radius 2 is 2.11 bits per heavy atom. The lowest BCUT2D eigenvalue weighted by atomic mass is 9.95. The van der Waals surface area contributed by atoms with Crippen LogP contribution >= 0.6 is 11.6 Å². The molecular formula is C14H18ClNO3. The highest BCUT2D eigenvalue weighted by Crippen LogP contribution is 2.43. The number of halogens is 1. The van der Waals surface area contributed by atoms with Gasteiger partial charge < -0.3 is 19.5 Å². The molecule has 2 heterocycles. The molecule has 1 aromatic carbocycles. The minimum absolute atomic E-state index is 0.0841. The van der Waals surface area contributed by atoms with Crippen molar-refractivity contribution >= 4 is 11.6 Å². The van der Waals surface area contributed by atoms with Crippen LogP contribution in [0.3, 0.4) is 0 Å². The lowest BCUT2D eigenvalue weighted by molar-refractivity contribution is 0.0901. The number of fused-ring (bicyclic) bond motifs is 1. The van der Waals surface area contributed by atoms with E-state index in [0.29, 0.717) is 29.9 Å². The van der Waals surface area contributed by atoms with Gasteiger partial charge in [0.05, 0.1) is 11.1 Å². The van der Waals surface area contributed by atoms with Crippen LogP contribution in [0.15, 0.2) is 12.1 Å². The largest absolute Gasteiger partial charge is 0.486 e. The zero-order valence-corrected chi connectivity index (χ0v) is 11.7. The van der Waals surface area contributed by atoms with Crippen molar-refractivity contribution in [3.8, 4) is 11.5 Å². The summed E-state index contributed by atoms with van der Waals surface area (Å²) in [6.45, 7) is 2.85. The molecule has 0 bridgehead atoms. The van der Waals surface area contributed by atoms with E-state index in [1.165, 1.54) is 0 Å². The normalized spacial score (nSPS) is 25.6. The summed E-state index contributed by atoms with van der Waals surface area (Å²) in [7, 11) is 1.96. The lowest BCUT2D eigenvalue weighted by Crippen LogP contribution is -2.22. The van der Waals surface area contributed by atoms with E-state index in [2.05, 4.69) is 5.32 Å². The van der Waals surface area contributed by atoms with E-state index < -0.39 is 0 Å². The fourth-order valence-electron chi connectivity index (χ4n) is 2.77. The Bertz CT molecular complexity index is 466. The van der Waals surface area contributed by atoms with Crippen molar-refractivity contribution in [3.63, 3.8) is 0 Å². The molecule has 104 valence electrons. The third-order valence-corrected chi connectivity index (χ3v) is 3.91. The Morgan fingerprint density at radius 1 is 1.26 bits per heavy atom. The second-order valence-electron chi connectivity index (χ2n) is 4.92. The molecule has 19 heavy (non-hydrogen) atoms. The lowest BCUT2D eigenvalue weighted by Gasteiger charge is -2.23. The molecule has 2 atom stereocenters. The standard InChI is InChI=1S/C14H18ClNO3/c1-16-8-9-2-3-18-13(9)10-6-11(15)14-12(7-10)17-4-5-19-14/h6-7,9,13,16H,2-5,8H2,1H3. The molecule has 3 rings (SSSR count). The smallest absolute Gasteiger partial charge is 0.179 e. The SMILES string of the molecule is CNCC1CCOC1c1cc(Cl)c2c(c1)OCCO2. The summed E-state index contributed by atoms with van der Waals surface area (Å²) in [6.07, 6.45) is 1.15. The molecule has 0 aromatic heterocycles. The average Bonchev–Trinajstić information content (AvgIpc) is 2.87. The summed E-state index contributed by atoms with van der Waals surface area (Å²) in [5, 5.41) is 3.82. The van der Waals surface area contributed by atoms with Gasteiger partial charge in [-0.25, -0.2) is 0 Å². The van der Waals surface area contributed by atoms with Crippen molar-refractivity contribution in [2.75, 3.05) is 33.4 Å². The monoisotopic (exact) mass is 283 g/mol. The van der Waals surface area contributed by atoms with Crippen molar-refractivity contribution in [2.45, 2.75) is 12.5 Å². The number of benzene rings is 1. The molecule has 0 aliphatic carbocycles. The molecular weight excluding hydrogens is 266 g/mol. The van der Waals surface area contributed by atoms with Gasteiger partial charge in [-0.2, -0.15) is 0 Å². The molecule has 4 nitrogen and oxygen atoms in total. The minimum atomic E-state index is 0.0841. The average molecular weight is 284 g/mol. The minimum Gasteiger partial charge on any atom is -0.486 e. The fourth-order valence-corrected chi connectivity index (χ4v) is 3.04. The second kappa shape index (κ2) is 5.57. The molecule has 5 heteroatoms. The molecule has 2 aliphatic rings. The molecule has 1 saturated heterocycles. The van der Waals surface area contributed by atoms with Crippen molar-refractivity contribution in [2.24, 2.45) is 5.92 Å². The number of ether oxygens (including phenoxy) is 3. The first-order valence-electron chi connectivity index (χ1n) is 6.65. The van der Waals surface area contributed by atoms with Crippen LogP contribution in [0.25, 0.3) is 0 Å². The first kappa shape index (κ1) is 13.0. The fraction of sp³-hybridized carbons (Fsp3) is 0.571.